The minimum atomic E-state index is 0. The minimum Gasteiger partial charge on any atom is -1.00 e. The Morgan fingerprint density at radius 1 is 0.400 bits per heavy atom. The van der Waals surface area contributed by atoms with Crippen molar-refractivity contribution in [2.75, 3.05) is 0 Å². The molecule has 1 radical (unpaired) electrons. The average Bonchev–Trinajstić information content (AvgIpc) is 0. The molecule has 0 fully saturated rings. The fraction of sp³-hybridized carbons (Fsp3) is 0. The van der Waals surface area contributed by atoms with Gasteiger partial charge in [-0.1, -0.05) is 0 Å². The first-order valence-electron chi connectivity index (χ1n) is 0. The van der Waals surface area contributed by atoms with E-state index in [-0.39, 0.29) is 118 Å². The summed E-state index contributed by atoms with van der Waals surface area (Å²) in [6.45, 7) is 0. The molecule has 5 heavy (non-hydrogen) atoms. The first-order chi connectivity index (χ1) is 0. The van der Waals surface area contributed by atoms with Gasteiger partial charge in [0.1, 0.15) is 0 Å². The van der Waals surface area contributed by atoms with E-state index in [0.29, 0.717) is 0 Å². The minimum absolute atomic E-state index is 0. The third-order valence-corrected chi connectivity index (χ3v) is 0. The zero-order valence-corrected chi connectivity index (χ0v) is 13.8. The van der Waals surface area contributed by atoms with Crippen LogP contribution in [0.4, 0.5) is 0 Å². The van der Waals surface area contributed by atoms with Gasteiger partial charge in [-0.2, -0.15) is 0 Å². The normalized spacial score (nSPS) is 0. The van der Waals surface area contributed by atoms with E-state index < -0.39 is 0 Å². The standard InChI is InChI=1S/4HI.Ta/h4*1H;/p-4. The Bertz CT molecular complexity index is 3.61. The Labute approximate surface area is 116 Å². The third-order valence-electron chi connectivity index (χ3n) is 0. The van der Waals surface area contributed by atoms with Crippen LogP contribution in [0.25, 0.3) is 0 Å². The van der Waals surface area contributed by atoms with Crippen LogP contribution in [0.2, 0.25) is 0 Å². The maximum Gasteiger partial charge on any atom is 0 e. The van der Waals surface area contributed by atoms with Gasteiger partial charge in [-0.3, -0.25) is 0 Å². The Hall–Kier alpha value is 3.66. The summed E-state index contributed by atoms with van der Waals surface area (Å²) < 4.78 is 0. The van der Waals surface area contributed by atoms with E-state index in [0.717, 1.165) is 0 Å². The van der Waals surface area contributed by atoms with Gasteiger partial charge >= 0.3 is 0 Å². The third kappa shape index (κ3) is 18.3. The van der Waals surface area contributed by atoms with Crippen LogP contribution in [-0.4, -0.2) is 0 Å². The quantitative estimate of drug-likeness (QED) is 0.222. The van der Waals surface area contributed by atoms with Crippen molar-refractivity contribution >= 4 is 0 Å². The number of halogens is 4. The molecule has 0 atom stereocenters. The molecule has 0 heterocycles. The van der Waals surface area contributed by atoms with Gasteiger partial charge in [-0.05, 0) is 0 Å². The van der Waals surface area contributed by atoms with Gasteiger partial charge in [0, 0.05) is 22.4 Å². The Morgan fingerprint density at radius 2 is 0.400 bits per heavy atom. The molecule has 0 aliphatic rings. The summed E-state index contributed by atoms with van der Waals surface area (Å²) in [5.74, 6) is 0. The van der Waals surface area contributed by atoms with Gasteiger partial charge in [0.2, 0.25) is 0 Å². The largest absolute Gasteiger partial charge is 1.00 e. The topological polar surface area (TPSA) is 0 Å². The van der Waals surface area contributed by atoms with Crippen molar-refractivity contribution in [3.05, 3.63) is 0 Å². The Kier molecular flexibility index (Phi) is 192. The predicted molar refractivity (Wildman–Crippen MR) is 0 cm³/mol. The SMILES string of the molecule is [I-].[I-].[I-].[I-].[Ta]. The van der Waals surface area contributed by atoms with Crippen LogP contribution in [-0.2, 0) is 22.4 Å². The van der Waals surface area contributed by atoms with Crippen LogP contribution in [0.5, 0.6) is 0 Å². The van der Waals surface area contributed by atoms with Gasteiger partial charge < -0.3 is 95.9 Å². The van der Waals surface area contributed by atoms with E-state index in [1.807, 2.05) is 0 Å². The molecule has 5 heteroatoms. The van der Waals surface area contributed by atoms with Crippen molar-refractivity contribution < 1.29 is 118 Å². The van der Waals surface area contributed by atoms with Gasteiger partial charge in [-0.15, -0.1) is 0 Å². The summed E-state index contributed by atoms with van der Waals surface area (Å²) in [5.41, 5.74) is 0. The molecule has 0 unspecified atom stereocenters. The van der Waals surface area contributed by atoms with E-state index in [9.17, 15) is 0 Å². The van der Waals surface area contributed by atoms with Crippen molar-refractivity contribution in [2.45, 2.75) is 0 Å². The molecule has 0 aliphatic carbocycles. The van der Waals surface area contributed by atoms with Crippen LogP contribution in [0.3, 0.4) is 0 Å². The van der Waals surface area contributed by atoms with Gasteiger partial charge in [-0.25, -0.2) is 0 Å². The second-order valence-corrected chi connectivity index (χ2v) is 0. The van der Waals surface area contributed by atoms with Crippen LogP contribution >= 0.6 is 0 Å². The maximum atomic E-state index is 0. The van der Waals surface area contributed by atoms with E-state index in [1.165, 1.54) is 0 Å². The van der Waals surface area contributed by atoms with Crippen molar-refractivity contribution in [1.82, 2.24) is 0 Å². The second-order valence-electron chi connectivity index (χ2n) is 0. The fourth-order valence-electron chi connectivity index (χ4n) is 0. The van der Waals surface area contributed by atoms with Crippen molar-refractivity contribution in [3.63, 3.8) is 0 Å². The molecule has 0 aromatic heterocycles. The van der Waals surface area contributed by atoms with Crippen LogP contribution in [0.15, 0.2) is 0 Å². The first kappa shape index (κ1) is 37.9. The summed E-state index contributed by atoms with van der Waals surface area (Å²) in [6, 6.07) is 0. The van der Waals surface area contributed by atoms with Gasteiger partial charge in [0.05, 0.1) is 0 Å². The van der Waals surface area contributed by atoms with Crippen molar-refractivity contribution in [3.8, 4) is 0 Å². The molecule has 0 N–H and O–H groups in total. The molecule has 0 nitrogen and oxygen atoms in total. The fourth-order valence-corrected chi connectivity index (χ4v) is 0. The second kappa shape index (κ2) is 25.4. The molecule has 0 bridgehead atoms. The molecule has 0 amide bonds. The molecule has 0 saturated carbocycles. The molecule has 0 rings (SSSR count). The van der Waals surface area contributed by atoms with Crippen LogP contribution < -0.4 is 95.9 Å². The average molecular weight is 689 g/mol. The van der Waals surface area contributed by atoms with Gasteiger partial charge in [0.25, 0.3) is 0 Å². The predicted octanol–water partition coefficient (Wildman–Crippen LogP) is -12.0. The summed E-state index contributed by atoms with van der Waals surface area (Å²) in [4.78, 5) is 0. The van der Waals surface area contributed by atoms with Crippen molar-refractivity contribution in [1.29, 1.82) is 0 Å². The maximum absolute atomic E-state index is 0. The molecule has 0 saturated heterocycles. The smallest absolute Gasteiger partial charge is 0 e. The molecule has 37 valence electrons. The zero-order chi connectivity index (χ0) is 0. The van der Waals surface area contributed by atoms with E-state index in [4.69, 9.17) is 0 Å². The molecular weight excluding hydrogens is 689 g/mol. The molecule has 0 aromatic carbocycles. The molecule has 0 aliphatic heterocycles. The van der Waals surface area contributed by atoms with E-state index in [1.54, 1.807) is 0 Å². The molecule has 0 spiro atoms. The Morgan fingerprint density at radius 3 is 0.400 bits per heavy atom. The number of rotatable bonds is 0. The summed E-state index contributed by atoms with van der Waals surface area (Å²) in [6.07, 6.45) is 0. The summed E-state index contributed by atoms with van der Waals surface area (Å²) in [7, 11) is 0. The zero-order valence-electron chi connectivity index (χ0n) is 1.96. The van der Waals surface area contributed by atoms with Crippen molar-refractivity contribution in [2.24, 2.45) is 0 Å². The summed E-state index contributed by atoms with van der Waals surface area (Å²) >= 11 is 0. The molecular formula is I4Ta-4. The van der Waals surface area contributed by atoms with Crippen LogP contribution in [0, 0.1) is 0 Å². The number of hydrogen-bond acceptors (Lipinski definition) is 0. The Balaban J connectivity index is 0. The summed E-state index contributed by atoms with van der Waals surface area (Å²) in [5, 5.41) is 0. The van der Waals surface area contributed by atoms with Crippen LogP contribution in [0.1, 0.15) is 0 Å². The monoisotopic (exact) mass is 689 g/mol. The first-order valence-corrected chi connectivity index (χ1v) is 0. The van der Waals surface area contributed by atoms with Gasteiger partial charge in [0.15, 0.2) is 0 Å². The molecule has 0 aromatic rings. The number of hydrogen-bond donors (Lipinski definition) is 0. The van der Waals surface area contributed by atoms with E-state index >= 15 is 0 Å². The van der Waals surface area contributed by atoms with E-state index in [2.05, 4.69) is 0 Å².